The zero-order chi connectivity index (χ0) is 19.2. The standard InChI is InChI=1S/C21H26ClN3O2/c1-16(21(26)23-15-17-6-8-20(27-2)9-7-17)24-10-12-25(13-11-24)19-5-3-4-18(22)14-19/h3-9,14,16H,10-13,15H2,1-2H3,(H,23,26)/p+1/t16-/m0/s1. The van der Waals surface area contributed by atoms with E-state index in [1.54, 1.807) is 7.11 Å². The smallest absolute Gasteiger partial charge is 0.278 e. The summed E-state index contributed by atoms with van der Waals surface area (Å²) in [5.41, 5.74) is 2.22. The van der Waals surface area contributed by atoms with E-state index in [-0.39, 0.29) is 11.9 Å². The largest absolute Gasteiger partial charge is 0.497 e. The molecular weight excluding hydrogens is 362 g/mol. The van der Waals surface area contributed by atoms with Gasteiger partial charge in [0.15, 0.2) is 6.04 Å². The molecule has 1 heterocycles. The molecule has 1 fully saturated rings. The zero-order valence-electron chi connectivity index (χ0n) is 15.9. The van der Waals surface area contributed by atoms with Gasteiger partial charge in [-0.2, -0.15) is 0 Å². The zero-order valence-corrected chi connectivity index (χ0v) is 16.6. The molecule has 2 N–H and O–H groups in total. The van der Waals surface area contributed by atoms with Crippen molar-refractivity contribution in [1.82, 2.24) is 5.32 Å². The molecule has 144 valence electrons. The number of hydrogen-bond acceptors (Lipinski definition) is 3. The Hall–Kier alpha value is -2.24. The maximum absolute atomic E-state index is 12.5. The predicted molar refractivity (Wildman–Crippen MR) is 109 cm³/mol. The van der Waals surface area contributed by atoms with Crippen molar-refractivity contribution in [3.05, 3.63) is 59.1 Å². The van der Waals surface area contributed by atoms with Gasteiger partial charge in [0, 0.05) is 17.3 Å². The van der Waals surface area contributed by atoms with Crippen LogP contribution in [0.15, 0.2) is 48.5 Å². The summed E-state index contributed by atoms with van der Waals surface area (Å²) in [6.07, 6.45) is 0. The van der Waals surface area contributed by atoms with Gasteiger partial charge in [0.2, 0.25) is 0 Å². The molecule has 3 rings (SSSR count). The Kier molecular flexibility index (Phi) is 6.58. The van der Waals surface area contributed by atoms with Crippen molar-refractivity contribution in [1.29, 1.82) is 0 Å². The molecule has 2 aromatic rings. The number of hydrogen-bond donors (Lipinski definition) is 2. The number of halogens is 1. The second-order valence-electron chi connectivity index (χ2n) is 6.91. The monoisotopic (exact) mass is 388 g/mol. The Balaban J connectivity index is 1.47. The minimum absolute atomic E-state index is 0.0650. The molecule has 1 saturated heterocycles. The van der Waals surface area contributed by atoms with Gasteiger partial charge in [-0.3, -0.25) is 4.79 Å². The van der Waals surface area contributed by atoms with Crippen molar-refractivity contribution in [2.45, 2.75) is 19.5 Å². The first-order valence-corrected chi connectivity index (χ1v) is 9.70. The molecule has 1 aliphatic rings. The van der Waals surface area contributed by atoms with Gasteiger partial charge in [0.05, 0.1) is 33.3 Å². The van der Waals surface area contributed by atoms with Gasteiger partial charge in [0.1, 0.15) is 5.75 Å². The minimum Gasteiger partial charge on any atom is -0.497 e. The van der Waals surface area contributed by atoms with Crippen LogP contribution in [-0.4, -0.2) is 45.2 Å². The molecule has 0 unspecified atom stereocenters. The van der Waals surface area contributed by atoms with Crippen LogP contribution in [0.2, 0.25) is 5.02 Å². The Morgan fingerprint density at radius 1 is 1.22 bits per heavy atom. The fourth-order valence-electron chi connectivity index (χ4n) is 3.43. The average molecular weight is 389 g/mol. The van der Waals surface area contributed by atoms with Gasteiger partial charge in [-0.1, -0.05) is 29.8 Å². The number of methoxy groups -OCH3 is 1. The second-order valence-corrected chi connectivity index (χ2v) is 7.35. The van der Waals surface area contributed by atoms with Crippen LogP contribution in [0.25, 0.3) is 0 Å². The van der Waals surface area contributed by atoms with Crippen LogP contribution in [0.4, 0.5) is 5.69 Å². The molecule has 6 heteroatoms. The molecule has 0 aliphatic carbocycles. The van der Waals surface area contributed by atoms with Gasteiger partial charge in [-0.25, -0.2) is 0 Å². The normalized spacial score (nSPS) is 16.0. The highest BCUT2D eigenvalue weighted by atomic mass is 35.5. The van der Waals surface area contributed by atoms with Crippen LogP contribution in [0, 0.1) is 0 Å². The lowest BCUT2D eigenvalue weighted by Crippen LogP contribution is -3.19. The van der Waals surface area contributed by atoms with Crippen LogP contribution in [0.3, 0.4) is 0 Å². The number of carbonyl (C=O) groups excluding carboxylic acids is 1. The van der Waals surface area contributed by atoms with E-state index < -0.39 is 0 Å². The number of nitrogens with one attached hydrogen (secondary N) is 2. The number of anilines is 1. The molecule has 0 saturated carbocycles. The van der Waals surface area contributed by atoms with E-state index in [1.165, 1.54) is 4.90 Å². The van der Waals surface area contributed by atoms with Gasteiger partial charge in [-0.05, 0) is 42.8 Å². The molecule has 0 bridgehead atoms. The molecule has 1 amide bonds. The first-order valence-electron chi connectivity index (χ1n) is 9.32. The molecule has 0 radical (unpaired) electrons. The van der Waals surface area contributed by atoms with Crippen LogP contribution >= 0.6 is 11.6 Å². The Labute approximate surface area is 165 Å². The Bertz CT molecular complexity index is 758. The molecule has 5 nitrogen and oxygen atoms in total. The number of piperazine rings is 1. The van der Waals surface area contributed by atoms with Gasteiger partial charge >= 0.3 is 0 Å². The lowest BCUT2D eigenvalue weighted by Gasteiger charge is -2.36. The summed E-state index contributed by atoms with van der Waals surface area (Å²) < 4.78 is 5.16. The van der Waals surface area contributed by atoms with E-state index in [1.807, 2.05) is 49.4 Å². The van der Waals surface area contributed by atoms with Gasteiger partial charge in [0.25, 0.3) is 5.91 Å². The van der Waals surface area contributed by atoms with E-state index in [4.69, 9.17) is 16.3 Å². The number of quaternary nitrogens is 1. The summed E-state index contributed by atoms with van der Waals surface area (Å²) in [5.74, 6) is 0.914. The molecule has 2 aromatic carbocycles. The van der Waals surface area contributed by atoms with E-state index in [9.17, 15) is 4.79 Å². The third-order valence-corrected chi connectivity index (χ3v) is 5.45. The SMILES string of the molecule is COc1ccc(CNC(=O)[C@H](C)[NH+]2CCN(c3cccc(Cl)c3)CC2)cc1. The number of amides is 1. The third kappa shape index (κ3) is 5.15. The van der Waals surface area contributed by atoms with E-state index in [2.05, 4.69) is 16.3 Å². The Morgan fingerprint density at radius 2 is 1.93 bits per heavy atom. The lowest BCUT2D eigenvalue weighted by atomic mass is 10.1. The maximum atomic E-state index is 12.5. The minimum atomic E-state index is -0.0650. The van der Waals surface area contributed by atoms with Crippen molar-refractivity contribution in [3.8, 4) is 5.75 Å². The highest BCUT2D eigenvalue weighted by molar-refractivity contribution is 6.30. The number of benzene rings is 2. The maximum Gasteiger partial charge on any atom is 0.278 e. The number of ether oxygens (including phenoxy) is 1. The summed E-state index contributed by atoms with van der Waals surface area (Å²) in [6.45, 7) is 6.26. The fraction of sp³-hybridized carbons (Fsp3) is 0.381. The van der Waals surface area contributed by atoms with Crippen LogP contribution in [0.1, 0.15) is 12.5 Å². The second kappa shape index (κ2) is 9.11. The molecular formula is C21H27ClN3O2+. The quantitative estimate of drug-likeness (QED) is 0.792. The summed E-state index contributed by atoms with van der Waals surface area (Å²) >= 11 is 6.10. The molecule has 1 aliphatic heterocycles. The predicted octanol–water partition coefficient (Wildman–Crippen LogP) is 1.76. The number of rotatable bonds is 6. The van der Waals surface area contributed by atoms with Crippen molar-refractivity contribution >= 4 is 23.2 Å². The molecule has 1 atom stereocenters. The molecule has 0 spiro atoms. The topological polar surface area (TPSA) is 46.0 Å². The molecule has 0 aromatic heterocycles. The van der Waals surface area contributed by atoms with Crippen molar-refractivity contribution in [2.24, 2.45) is 0 Å². The highest BCUT2D eigenvalue weighted by Gasteiger charge is 2.29. The van der Waals surface area contributed by atoms with E-state index in [0.29, 0.717) is 6.54 Å². The van der Waals surface area contributed by atoms with E-state index >= 15 is 0 Å². The van der Waals surface area contributed by atoms with E-state index in [0.717, 1.165) is 48.2 Å². The Morgan fingerprint density at radius 3 is 2.56 bits per heavy atom. The van der Waals surface area contributed by atoms with Crippen LogP contribution < -0.4 is 19.9 Å². The average Bonchev–Trinajstić information content (AvgIpc) is 2.72. The first kappa shape index (κ1) is 19.5. The first-order chi connectivity index (χ1) is 13.1. The van der Waals surface area contributed by atoms with Gasteiger partial charge in [-0.15, -0.1) is 0 Å². The van der Waals surface area contributed by atoms with Crippen LogP contribution in [-0.2, 0) is 11.3 Å². The summed E-state index contributed by atoms with van der Waals surface area (Å²) in [6, 6.07) is 15.6. The highest BCUT2D eigenvalue weighted by Crippen LogP contribution is 2.19. The van der Waals surface area contributed by atoms with Crippen molar-refractivity contribution in [3.63, 3.8) is 0 Å². The number of carbonyl (C=O) groups is 1. The summed E-state index contributed by atoms with van der Waals surface area (Å²) in [4.78, 5) is 16.2. The third-order valence-electron chi connectivity index (χ3n) is 5.21. The molecule has 27 heavy (non-hydrogen) atoms. The fourth-order valence-corrected chi connectivity index (χ4v) is 3.61. The summed E-state index contributed by atoms with van der Waals surface area (Å²) in [7, 11) is 1.65. The lowest BCUT2D eigenvalue weighted by molar-refractivity contribution is -0.914. The van der Waals surface area contributed by atoms with Gasteiger partial charge < -0.3 is 19.9 Å². The number of nitrogens with zero attached hydrogens (tertiary/aromatic N) is 1. The van der Waals surface area contributed by atoms with Crippen LogP contribution in [0.5, 0.6) is 5.75 Å². The van der Waals surface area contributed by atoms with Crippen molar-refractivity contribution < 1.29 is 14.4 Å². The van der Waals surface area contributed by atoms with Crippen molar-refractivity contribution in [2.75, 3.05) is 38.2 Å². The summed E-state index contributed by atoms with van der Waals surface area (Å²) in [5, 5.41) is 3.81.